The van der Waals surface area contributed by atoms with Crippen molar-refractivity contribution in [3.63, 3.8) is 0 Å². The second-order valence-corrected chi connectivity index (χ2v) is 4.90. The zero-order chi connectivity index (χ0) is 14.4. The SMILES string of the molecule is CCCn1ccnc1CC(=O)Cc1ccccc1CN. The molecule has 0 fully saturated rings. The summed E-state index contributed by atoms with van der Waals surface area (Å²) in [6.07, 6.45) is 5.53. The van der Waals surface area contributed by atoms with Gasteiger partial charge in [0, 0.05) is 31.9 Å². The molecule has 1 aromatic carbocycles. The number of ketones is 1. The van der Waals surface area contributed by atoms with Crippen LogP contribution >= 0.6 is 0 Å². The second kappa shape index (κ2) is 7.01. The molecule has 0 aliphatic heterocycles. The molecule has 0 bridgehead atoms. The van der Waals surface area contributed by atoms with Crippen molar-refractivity contribution in [1.82, 2.24) is 9.55 Å². The van der Waals surface area contributed by atoms with Crippen LogP contribution in [0.5, 0.6) is 0 Å². The maximum atomic E-state index is 12.2. The van der Waals surface area contributed by atoms with Crippen molar-refractivity contribution < 1.29 is 4.79 Å². The lowest BCUT2D eigenvalue weighted by molar-refractivity contribution is -0.117. The minimum atomic E-state index is 0.175. The number of carbonyl (C=O) groups excluding carboxylic acids is 1. The second-order valence-electron chi connectivity index (χ2n) is 4.90. The van der Waals surface area contributed by atoms with E-state index in [-0.39, 0.29) is 5.78 Å². The van der Waals surface area contributed by atoms with E-state index in [1.165, 1.54) is 0 Å². The van der Waals surface area contributed by atoms with Crippen molar-refractivity contribution in [2.45, 2.75) is 39.3 Å². The zero-order valence-corrected chi connectivity index (χ0v) is 11.9. The molecule has 2 N–H and O–H groups in total. The zero-order valence-electron chi connectivity index (χ0n) is 11.9. The van der Waals surface area contributed by atoms with Crippen LogP contribution in [0.3, 0.4) is 0 Å². The Hall–Kier alpha value is -1.94. The van der Waals surface area contributed by atoms with Crippen LogP contribution in [0, 0.1) is 0 Å². The topological polar surface area (TPSA) is 60.9 Å². The quantitative estimate of drug-likeness (QED) is 0.839. The Kier molecular flexibility index (Phi) is 5.07. The predicted molar refractivity (Wildman–Crippen MR) is 79.3 cm³/mol. The molecule has 0 saturated heterocycles. The van der Waals surface area contributed by atoms with Crippen LogP contribution in [0.2, 0.25) is 0 Å². The van der Waals surface area contributed by atoms with E-state index in [9.17, 15) is 4.79 Å². The van der Waals surface area contributed by atoms with Crippen LogP contribution in [-0.4, -0.2) is 15.3 Å². The van der Waals surface area contributed by atoms with Gasteiger partial charge >= 0.3 is 0 Å². The fraction of sp³-hybridized carbons (Fsp3) is 0.375. The highest BCUT2D eigenvalue weighted by molar-refractivity contribution is 5.82. The van der Waals surface area contributed by atoms with E-state index in [0.29, 0.717) is 19.4 Å². The molecule has 20 heavy (non-hydrogen) atoms. The fourth-order valence-electron chi connectivity index (χ4n) is 2.33. The summed E-state index contributed by atoms with van der Waals surface area (Å²) in [5.41, 5.74) is 7.76. The van der Waals surface area contributed by atoms with Crippen LogP contribution < -0.4 is 5.73 Å². The summed E-state index contributed by atoms with van der Waals surface area (Å²) in [5, 5.41) is 0. The van der Waals surface area contributed by atoms with E-state index in [1.54, 1.807) is 6.20 Å². The molecule has 2 rings (SSSR count). The monoisotopic (exact) mass is 271 g/mol. The molecule has 0 aliphatic rings. The molecule has 0 atom stereocenters. The van der Waals surface area contributed by atoms with Crippen molar-refractivity contribution in [2.24, 2.45) is 5.73 Å². The highest BCUT2D eigenvalue weighted by Crippen LogP contribution is 2.11. The van der Waals surface area contributed by atoms with Crippen molar-refractivity contribution in [3.05, 3.63) is 53.6 Å². The Bertz CT molecular complexity index is 575. The van der Waals surface area contributed by atoms with Gasteiger partial charge in [-0.2, -0.15) is 0 Å². The molecule has 0 amide bonds. The fourth-order valence-corrected chi connectivity index (χ4v) is 2.33. The molecular weight excluding hydrogens is 250 g/mol. The number of benzene rings is 1. The van der Waals surface area contributed by atoms with Gasteiger partial charge in [-0.1, -0.05) is 31.2 Å². The first-order valence-corrected chi connectivity index (χ1v) is 7.03. The Morgan fingerprint density at radius 1 is 1.25 bits per heavy atom. The van der Waals surface area contributed by atoms with E-state index >= 15 is 0 Å². The molecular formula is C16H21N3O. The predicted octanol–water partition coefficient (Wildman–Crippen LogP) is 2.11. The van der Waals surface area contributed by atoms with Crippen LogP contribution in [0.1, 0.15) is 30.3 Å². The molecule has 106 valence electrons. The molecule has 4 nitrogen and oxygen atoms in total. The Labute approximate surface area is 119 Å². The number of nitrogens with zero attached hydrogens (tertiary/aromatic N) is 2. The van der Waals surface area contributed by atoms with Gasteiger partial charge in [-0.25, -0.2) is 4.98 Å². The largest absolute Gasteiger partial charge is 0.335 e. The number of carbonyl (C=O) groups is 1. The van der Waals surface area contributed by atoms with Gasteiger partial charge in [0.25, 0.3) is 0 Å². The Morgan fingerprint density at radius 3 is 2.70 bits per heavy atom. The van der Waals surface area contributed by atoms with Crippen molar-refractivity contribution in [3.8, 4) is 0 Å². The molecule has 0 saturated carbocycles. The van der Waals surface area contributed by atoms with Crippen LogP contribution in [0.15, 0.2) is 36.7 Å². The number of rotatable bonds is 7. The molecule has 4 heteroatoms. The van der Waals surface area contributed by atoms with Crippen LogP contribution in [0.25, 0.3) is 0 Å². The summed E-state index contributed by atoms with van der Waals surface area (Å²) >= 11 is 0. The van der Waals surface area contributed by atoms with Gasteiger partial charge in [-0.3, -0.25) is 4.79 Å². The molecule has 0 radical (unpaired) electrons. The standard InChI is InChI=1S/C16H21N3O/c1-2-8-19-9-7-18-16(19)11-15(20)10-13-5-3-4-6-14(13)12-17/h3-7,9H,2,8,10-12,17H2,1H3. The van der Waals surface area contributed by atoms with Crippen molar-refractivity contribution in [1.29, 1.82) is 0 Å². The molecule has 0 unspecified atom stereocenters. The lowest BCUT2D eigenvalue weighted by Gasteiger charge is -2.08. The van der Waals surface area contributed by atoms with E-state index in [0.717, 1.165) is 29.9 Å². The number of nitrogens with two attached hydrogens (primary N) is 1. The molecule has 1 heterocycles. The number of hydrogen-bond donors (Lipinski definition) is 1. The maximum Gasteiger partial charge on any atom is 0.144 e. The Balaban J connectivity index is 2.03. The summed E-state index contributed by atoms with van der Waals surface area (Å²) in [6, 6.07) is 7.84. The van der Waals surface area contributed by atoms with Crippen molar-refractivity contribution in [2.75, 3.05) is 0 Å². The first-order chi connectivity index (χ1) is 9.74. The number of aromatic nitrogens is 2. The van der Waals surface area contributed by atoms with Crippen LogP contribution in [0.4, 0.5) is 0 Å². The number of aryl methyl sites for hydroxylation is 1. The van der Waals surface area contributed by atoms with E-state index in [1.807, 2.05) is 35.0 Å². The van der Waals surface area contributed by atoms with Gasteiger partial charge in [0.15, 0.2) is 0 Å². The third-order valence-corrected chi connectivity index (χ3v) is 3.35. The number of imidazole rings is 1. The average Bonchev–Trinajstić information content (AvgIpc) is 2.87. The number of hydrogen-bond acceptors (Lipinski definition) is 3. The van der Waals surface area contributed by atoms with Crippen molar-refractivity contribution >= 4 is 5.78 Å². The van der Waals surface area contributed by atoms with E-state index in [2.05, 4.69) is 11.9 Å². The smallest absolute Gasteiger partial charge is 0.144 e. The molecule has 2 aromatic rings. The minimum Gasteiger partial charge on any atom is -0.335 e. The van der Waals surface area contributed by atoms with Gasteiger partial charge in [0.1, 0.15) is 11.6 Å². The van der Waals surface area contributed by atoms with Gasteiger partial charge < -0.3 is 10.3 Å². The highest BCUT2D eigenvalue weighted by Gasteiger charge is 2.11. The summed E-state index contributed by atoms with van der Waals surface area (Å²) < 4.78 is 2.05. The lowest BCUT2D eigenvalue weighted by atomic mass is 10.0. The highest BCUT2D eigenvalue weighted by atomic mass is 16.1. The summed E-state index contributed by atoms with van der Waals surface area (Å²) in [4.78, 5) is 16.5. The van der Waals surface area contributed by atoms with E-state index in [4.69, 9.17) is 5.73 Å². The summed E-state index contributed by atoms with van der Waals surface area (Å²) in [5.74, 6) is 1.02. The van der Waals surface area contributed by atoms with E-state index < -0.39 is 0 Å². The third kappa shape index (κ3) is 3.54. The lowest BCUT2D eigenvalue weighted by Crippen LogP contribution is -2.13. The first-order valence-electron chi connectivity index (χ1n) is 7.03. The first kappa shape index (κ1) is 14.5. The average molecular weight is 271 g/mol. The molecule has 0 aliphatic carbocycles. The van der Waals surface area contributed by atoms with Crippen LogP contribution in [-0.2, 0) is 30.7 Å². The van der Waals surface area contributed by atoms with Gasteiger partial charge in [0.05, 0.1) is 6.42 Å². The maximum absolute atomic E-state index is 12.2. The molecule has 0 spiro atoms. The normalized spacial score (nSPS) is 10.7. The minimum absolute atomic E-state index is 0.175. The molecule has 1 aromatic heterocycles. The van der Waals surface area contributed by atoms with Gasteiger partial charge in [-0.15, -0.1) is 0 Å². The van der Waals surface area contributed by atoms with Gasteiger partial charge in [-0.05, 0) is 17.5 Å². The summed E-state index contributed by atoms with van der Waals surface area (Å²) in [6.45, 7) is 3.49. The third-order valence-electron chi connectivity index (χ3n) is 3.35. The summed E-state index contributed by atoms with van der Waals surface area (Å²) in [7, 11) is 0. The van der Waals surface area contributed by atoms with Gasteiger partial charge in [0.2, 0.25) is 0 Å². The number of Topliss-reactive ketones (excluding diaryl/α,β-unsaturated/α-hetero) is 1. The Morgan fingerprint density at radius 2 is 2.00 bits per heavy atom.